The number of benzene rings is 1. The highest BCUT2D eigenvalue weighted by Gasteiger charge is 2.27. The molecule has 0 saturated carbocycles. The van der Waals surface area contributed by atoms with Crippen molar-refractivity contribution in [1.29, 1.82) is 0 Å². The van der Waals surface area contributed by atoms with Crippen molar-refractivity contribution in [2.45, 2.75) is 32.3 Å². The summed E-state index contributed by atoms with van der Waals surface area (Å²) < 4.78 is 1.88. The molecule has 0 amide bonds. The summed E-state index contributed by atoms with van der Waals surface area (Å²) in [4.78, 5) is 11.5. The Labute approximate surface area is 163 Å². The maximum atomic E-state index is 10.2. The van der Waals surface area contributed by atoms with Crippen LogP contribution in [0.3, 0.4) is 0 Å². The maximum Gasteiger partial charge on any atom is 0.165 e. The lowest BCUT2D eigenvalue weighted by Crippen LogP contribution is -2.36. The van der Waals surface area contributed by atoms with Gasteiger partial charge in [-0.25, -0.2) is 9.97 Å². The molecular formula is C20H24N6O2. The van der Waals surface area contributed by atoms with E-state index in [9.17, 15) is 10.2 Å². The van der Waals surface area contributed by atoms with Gasteiger partial charge >= 0.3 is 0 Å². The van der Waals surface area contributed by atoms with Crippen molar-refractivity contribution in [1.82, 2.24) is 24.7 Å². The van der Waals surface area contributed by atoms with E-state index in [1.165, 1.54) is 0 Å². The van der Waals surface area contributed by atoms with E-state index in [1.807, 2.05) is 36.7 Å². The molecule has 1 aliphatic heterocycles. The molecule has 2 N–H and O–H groups in total. The number of aliphatic hydroxyl groups excluding tert-OH is 1. The quantitative estimate of drug-likeness (QED) is 0.715. The number of aliphatic hydroxyl groups is 1. The number of aromatic nitrogens is 5. The fourth-order valence-electron chi connectivity index (χ4n) is 3.76. The van der Waals surface area contributed by atoms with Crippen LogP contribution in [-0.2, 0) is 13.7 Å². The van der Waals surface area contributed by atoms with Crippen LogP contribution in [0.5, 0.6) is 5.75 Å². The van der Waals surface area contributed by atoms with E-state index >= 15 is 0 Å². The molecule has 2 aromatic heterocycles. The Hall–Kier alpha value is -3.00. The van der Waals surface area contributed by atoms with Crippen LogP contribution in [0.4, 0.5) is 5.82 Å². The monoisotopic (exact) mass is 380 g/mol. The average Bonchev–Trinajstić information content (AvgIpc) is 3.08. The molecule has 8 heteroatoms. The van der Waals surface area contributed by atoms with E-state index in [0.29, 0.717) is 17.2 Å². The molecule has 0 unspecified atom stereocenters. The number of hydrogen-bond acceptors (Lipinski definition) is 7. The first-order valence-electron chi connectivity index (χ1n) is 9.45. The number of phenols is 1. The standard InChI is InChI=1S/C20H24N6O2/c1-13-10-17(22-19(21-13)15-7-3-4-8-16(15)28)26-9-5-6-14(11-26)20-24-23-18(12-27)25(20)2/h3-4,7-8,10,14,27-28H,5-6,9,11-12H2,1-2H3/t14-/m1/s1. The van der Waals surface area contributed by atoms with Gasteiger partial charge in [0.15, 0.2) is 11.6 Å². The fourth-order valence-corrected chi connectivity index (χ4v) is 3.76. The topological polar surface area (TPSA) is 100 Å². The summed E-state index contributed by atoms with van der Waals surface area (Å²) in [5, 5.41) is 27.9. The Bertz CT molecular complexity index is 987. The number of rotatable bonds is 4. The number of aromatic hydroxyl groups is 1. The first-order valence-corrected chi connectivity index (χ1v) is 9.45. The molecule has 146 valence electrons. The molecule has 1 aliphatic rings. The lowest BCUT2D eigenvalue weighted by Gasteiger charge is -2.33. The zero-order chi connectivity index (χ0) is 19.7. The third-order valence-electron chi connectivity index (χ3n) is 5.24. The maximum absolute atomic E-state index is 10.2. The van der Waals surface area contributed by atoms with Crippen molar-refractivity contribution in [3.05, 3.63) is 47.7 Å². The third-order valence-corrected chi connectivity index (χ3v) is 5.24. The van der Waals surface area contributed by atoms with E-state index in [4.69, 9.17) is 4.98 Å². The molecule has 1 atom stereocenters. The van der Waals surface area contributed by atoms with Gasteiger partial charge in [-0.1, -0.05) is 12.1 Å². The van der Waals surface area contributed by atoms with Crippen LogP contribution in [0.25, 0.3) is 11.4 Å². The van der Waals surface area contributed by atoms with E-state index in [-0.39, 0.29) is 18.3 Å². The van der Waals surface area contributed by atoms with E-state index < -0.39 is 0 Å². The summed E-state index contributed by atoms with van der Waals surface area (Å²) in [6, 6.07) is 9.09. The van der Waals surface area contributed by atoms with Gasteiger partial charge in [0, 0.05) is 37.8 Å². The van der Waals surface area contributed by atoms with Gasteiger partial charge in [0.05, 0.1) is 5.56 Å². The number of nitrogens with zero attached hydrogens (tertiary/aromatic N) is 6. The molecule has 1 aromatic carbocycles. The Balaban J connectivity index is 1.63. The summed E-state index contributed by atoms with van der Waals surface area (Å²) in [7, 11) is 1.89. The molecule has 4 rings (SSSR count). The second kappa shape index (κ2) is 7.55. The molecule has 0 aliphatic carbocycles. The molecule has 3 aromatic rings. The van der Waals surface area contributed by atoms with Crippen molar-refractivity contribution in [3.8, 4) is 17.1 Å². The van der Waals surface area contributed by atoms with Crippen molar-refractivity contribution in [2.75, 3.05) is 18.0 Å². The first-order chi connectivity index (χ1) is 13.6. The van der Waals surface area contributed by atoms with Crippen LogP contribution in [0.1, 0.15) is 36.1 Å². The van der Waals surface area contributed by atoms with Crippen molar-refractivity contribution < 1.29 is 10.2 Å². The predicted molar refractivity (Wildman–Crippen MR) is 105 cm³/mol. The molecular weight excluding hydrogens is 356 g/mol. The van der Waals surface area contributed by atoms with Gasteiger partial charge in [0.2, 0.25) is 0 Å². The Kier molecular flexibility index (Phi) is 4.95. The number of piperidine rings is 1. The molecule has 0 bridgehead atoms. The number of phenolic OH excluding ortho intramolecular Hbond substituents is 1. The zero-order valence-corrected chi connectivity index (χ0v) is 16.1. The highest BCUT2D eigenvalue weighted by molar-refractivity contribution is 5.65. The minimum Gasteiger partial charge on any atom is -0.507 e. The van der Waals surface area contributed by atoms with Crippen LogP contribution in [0, 0.1) is 6.92 Å². The van der Waals surface area contributed by atoms with E-state index in [1.54, 1.807) is 12.1 Å². The summed E-state index contributed by atoms with van der Waals surface area (Å²) in [5.41, 5.74) is 1.48. The SMILES string of the molecule is Cc1cc(N2CCC[C@@H](c3nnc(CO)n3C)C2)nc(-c2ccccc2O)n1. The van der Waals surface area contributed by atoms with E-state index in [0.717, 1.165) is 43.3 Å². The van der Waals surface area contributed by atoms with Crippen LogP contribution in [0.15, 0.2) is 30.3 Å². The minimum absolute atomic E-state index is 0.116. The van der Waals surface area contributed by atoms with Gasteiger partial charge in [-0.15, -0.1) is 10.2 Å². The van der Waals surface area contributed by atoms with Crippen molar-refractivity contribution in [3.63, 3.8) is 0 Å². The third kappa shape index (κ3) is 3.43. The molecule has 1 saturated heterocycles. The Morgan fingerprint density at radius 2 is 2.00 bits per heavy atom. The normalized spacial score (nSPS) is 17.1. The van der Waals surface area contributed by atoms with Crippen molar-refractivity contribution in [2.24, 2.45) is 7.05 Å². The summed E-state index contributed by atoms with van der Waals surface area (Å²) in [6.07, 6.45) is 2.03. The molecule has 3 heterocycles. The van der Waals surface area contributed by atoms with Gasteiger partial charge in [-0.3, -0.25) is 0 Å². The average molecular weight is 380 g/mol. The molecule has 0 radical (unpaired) electrons. The summed E-state index contributed by atoms with van der Waals surface area (Å²) >= 11 is 0. The Morgan fingerprint density at radius 3 is 2.75 bits per heavy atom. The second-order valence-corrected chi connectivity index (χ2v) is 7.19. The lowest BCUT2D eigenvalue weighted by atomic mass is 9.97. The van der Waals surface area contributed by atoms with Crippen LogP contribution in [0.2, 0.25) is 0 Å². The number of aryl methyl sites for hydroxylation is 1. The van der Waals surface area contributed by atoms with Crippen LogP contribution < -0.4 is 4.90 Å². The molecule has 1 fully saturated rings. The summed E-state index contributed by atoms with van der Waals surface area (Å²) in [6.45, 7) is 3.49. The highest BCUT2D eigenvalue weighted by atomic mass is 16.3. The second-order valence-electron chi connectivity index (χ2n) is 7.19. The molecule has 0 spiro atoms. The zero-order valence-electron chi connectivity index (χ0n) is 16.1. The molecule has 28 heavy (non-hydrogen) atoms. The van der Waals surface area contributed by atoms with Gasteiger partial charge in [-0.05, 0) is 31.9 Å². The van der Waals surface area contributed by atoms with Crippen LogP contribution >= 0.6 is 0 Å². The number of anilines is 1. The largest absolute Gasteiger partial charge is 0.507 e. The minimum atomic E-state index is -0.116. The lowest BCUT2D eigenvalue weighted by molar-refractivity contribution is 0.266. The summed E-state index contributed by atoms with van der Waals surface area (Å²) in [5.74, 6) is 3.23. The Morgan fingerprint density at radius 1 is 1.18 bits per heavy atom. The van der Waals surface area contributed by atoms with Gasteiger partial charge in [-0.2, -0.15) is 0 Å². The molecule has 8 nitrogen and oxygen atoms in total. The predicted octanol–water partition coefficient (Wildman–Crippen LogP) is 2.16. The van der Waals surface area contributed by atoms with Crippen molar-refractivity contribution >= 4 is 5.82 Å². The van der Waals surface area contributed by atoms with E-state index in [2.05, 4.69) is 20.1 Å². The number of hydrogen-bond donors (Lipinski definition) is 2. The van der Waals surface area contributed by atoms with Gasteiger partial charge in [0.25, 0.3) is 0 Å². The number of para-hydroxylation sites is 1. The van der Waals surface area contributed by atoms with Gasteiger partial charge < -0.3 is 19.7 Å². The smallest absolute Gasteiger partial charge is 0.165 e. The van der Waals surface area contributed by atoms with Gasteiger partial charge in [0.1, 0.15) is 24.0 Å². The van der Waals surface area contributed by atoms with Crippen LogP contribution in [-0.4, -0.2) is 48.0 Å². The highest BCUT2D eigenvalue weighted by Crippen LogP contribution is 2.31. The fraction of sp³-hybridized carbons (Fsp3) is 0.400. The first kappa shape index (κ1) is 18.4.